The van der Waals surface area contributed by atoms with Gasteiger partial charge in [0.25, 0.3) is 5.91 Å². The molecule has 8 heteroatoms. The van der Waals surface area contributed by atoms with Gasteiger partial charge in [-0.3, -0.25) is 9.59 Å². The molecule has 0 fully saturated rings. The first-order chi connectivity index (χ1) is 18.3. The Kier molecular flexibility index (Phi) is 8.63. The summed E-state index contributed by atoms with van der Waals surface area (Å²) in [5.41, 5.74) is 3.84. The summed E-state index contributed by atoms with van der Waals surface area (Å²) in [6, 6.07) is 24.5. The van der Waals surface area contributed by atoms with E-state index >= 15 is 0 Å². The van der Waals surface area contributed by atoms with Crippen molar-refractivity contribution in [2.75, 3.05) is 25.5 Å². The van der Waals surface area contributed by atoms with E-state index in [2.05, 4.69) is 21.2 Å². The van der Waals surface area contributed by atoms with Crippen molar-refractivity contribution in [3.05, 3.63) is 94.6 Å². The van der Waals surface area contributed by atoms with Gasteiger partial charge in [0, 0.05) is 22.1 Å². The Balaban J connectivity index is 1.68. The van der Waals surface area contributed by atoms with E-state index < -0.39 is 0 Å². The Labute approximate surface area is 231 Å². The highest BCUT2D eigenvalue weighted by atomic mass is 79.9. The zero-order valence-electron chi connectivity index (χ0n) is 21.9. The number of rotatable bonds is 9. The highest BCUT2D eigenvalue weighted by Crippen LogP contribution is 2.33. The van der Waals surface area contributed by atoms with Crippen LogP contribution in [-0.4, -0.2) is 46.7 Å². The van der Waals surface area contributed by atoms with Crippen LogP contribution in [0.15, 0.2) is 83.3 Å². The Morgan fingerprint density at radius 3 is 2.26 bits per heavy atom. The fraction of sp³-hybridized carbons (Fsp3) is 0.233. The van der Waals surface area contributed by atoms with Gasteiger partial charge >= 0.3 is 0 Å². The van der Waals surface area contributed by atoms with Crippen molar-refractivity contribution >= 4 is 33.6 Å². The van der Waals surface area contributed by atoms with Gasteiger partial charge in [-0.1, -0.05) is 60.1 Å². The number of carbonyl (C=O) groups is 2. The summed E-state index contributed by atoms with van der Waals surface area (Å²) in [4.78, 5) is 28.4. The minimum Gasteiger partial charge on any atom is -0.497 e. The van der Waals surface area contributed by atoms with Crippen LogP contribution >= 0.6 is 15.9 Å². The monoisotopic (exact) mass is 574 g/mol. The first-order valence-electron chi connectivity index (χ1n) is 12.4. The smallest absolute Gasteiger partial charge is 0.254 e. The molecule has 0 unspecified atom stereocenters. The van der Waals surface area contributed by atoms with Gasteiger partial charge in [0.2, 0.25) is 5.91 Å². The number of hydrogen-bond donors (Lipinski definition) is 1. The number of ether oxygens (including phenoxy) is 1. The van der Waals surface area contributed by atoms with Crippen molar-refractivity contribution in [2.24, 2.45) is 5.92 Å². The third-order valence-corrected chi connectivity index (χ3v) is 6.52. The standard InChI is InChI=1S/C30H31BrN4O3/c1-20(2)18-34(30(37)23-10-12-24(31)13-11-23)19-27(36)32-29-28(22-8-6-5-7-9-22)21(3)33-35(29)25-14-16-26(38-4)17-15-25/h5-17,20H,18-19H2,1-4H3,(H,32,36). The van der Waals surface area contributed by atoms with E-state index in [1.54, 1.807) is 28.8 Å². The number of nitrogens with one attached hydrogen (secondary N) is 1. The van der Waals surface area contributed by atoms with Crippen molar-refractivity contribution < 1.29 is 14.3 Å². The summed E-state index contributed by atoms with van der Waals surface area (Å²) in [7, 11) is 1.62. The number of nitrogens with zero attached hydrogens (tertiary/aromatic N) is 3. The van der Waals surface area contributed by atoms with Crippen molar-refractivity contribution in [3.63, 3.8) is 0 Å². The summed E-state index contributed by atoms with van der Waals surface area (Å²) in [6.45, 7) is 6.32. The van der Waals surface area contributed by atoms with E-state index in [-0.39, 0.29) is 24.3 Å². The fourth-order valence-corrected chi connectivity index (χ4v) is 4.55. The number of methoxy groups -OCH3 is 1. The van der Waals surface area contributed by atoms with Crippen LogP contribution in [0.5, 0.6) is 5.75 Å². The van der Waals surface area contributed by atoms with Gasteiger partial charge in [0.1, 0.15) is 18.1 Å². The lowest BCUT2D eigenvalue weighted by atomic mass is 10.1. The molecule has 0 atom stereocenters. The van der Waals surface area contributed by atoms with Gasteiger partial charge < -0.3 is 15.0 Å². The van der Waals surface area contributed by atoms with Crippen molar-refractivity contribution in [1.29, 1.82) is 0 Å². The second kappa shape index (κ2) is 12.1. The molecule has 7 nitrogen and oxygen atoms in total. The molecule has 1 aromatic heterocycles. The third-order valence-electron chi connectivity index (χ3n) is 6.00. The molecule has 2 amide bonds. The van der Waals surface area contributed by atoms with E-state index in [9.17, 15) is 9.59 Å². The Morgan fingerprint density at radius 2 is 1.66 bits per heavy atom. The lowest BCUT2D eigenvalue weighted by Crippen LogP contribution is -2.40. The predicted octanol–water partition coefficient (Wildman–Crippen LogP) is 6.36. The van der Waals surface area contributed by atoms with Gasteiger partial charge in [-0.2, -0.15) is 5.10 Å². The average Bonchev–Trinajstić information content (AvgIpc) is 3.23. The molecule has 4 rings (SSSR count). The maximum atomic E-state index is 13.5. The van der Waals surface area contributed by atoms with Crippen molar-refractivity contribution in [3.8, 4) is 22.6 Å². The van der Waals surface area contributed by atoms with Crippen LogP contribution in [0.2, 0.25) is 0 Å². The molecular weight excluding hydrogens is 544 g/mol. The first kappa shape index (κ1) is 27.1. The minimum absolute atomic E-state index is 0.0891. The Morgan fingerprint density at radius 1 is 1.00 bits per heavy atom. The van der Waals surface area contributed by atoms with Crippen LogP contribution in [0, 0.1) is 12.8 Å². The normalized spacial score (nSPS) is 10.9. The highest BCUT2D eigenvalue weighted by Gasteiger charge is 2.24. The molecule has 4 aromatic rings. The predicted molar refractivity (Wildman–Crippen MR) is 154 cm³/mol. The molecule has 0 saturated carbocycles. The number of hydrogen-bond acceptors (Lipinski definition) is 4. The molecule has 0 aliphatic carbocycles. The summed E-state index contributed by atoms with van der Waals surface area (Å²) in [6.07, 6.45) is 0. The molecule has 0 aliphatic rings. The van der Waals surface area contributed by atoms with Crippen LogP contribution in [-0.2, 0) is 4.79 Å². The van der Waals surface area contributed by atoms with Gasteiger partial charge in [-0.15, -0.1) is 0 Å². The Hall–Kier alpha value is -3.91. The maximum Gasteiger partial charge on any atom is 0.254 e. The maximum absolute atomic E-state index is 13.5. The highest BCUT2D eigenvalue weighted by molar-refractivity contribution is 9.10. The number of aryl methyl sites for hydroxylation is 1. The topological polar surface area (TPSA) is 76.5 Å². The minimum atomic E-state index is -0.303. The average molecular weight is 576 g/mol. The molecule has 3 aromatic carbocycles. The largest absolute Gasteiger partial charge is 0.497 e. The van der Waals surface area contributed by atoms with Crippen LogP contribution in [0.4, 0.5) is 5.82 Å². The SMILES string of the molecule is COc1ccc(-n2nc(C)c(-c3ccccc3)c2NC(=O)CN(CC(C)C)C(=O)c2ccc(Br)cc2)cc1. The second-order valence-corrected chi connectivity index (χ2v) is 10.3. The summed E-state index contributed by atoms with van der Waals surface area (Å²) in [5, 5.41) is 7.83. The van der Waals surface area contributed by atoms with Gasteiger partial charge in [-0.05, 0) is 66.9 Å². The van der Waals surface area contributed by atoms with Gasteiger partial charge in [0.05, 0.1) is 18.5 Å². The lowest BCUT2D eigenvalue weighted by Gasteiger charge is -2.24. The quantitative estimate of drug-likeness (QED) is 0.252. The third kappa shape index (κ3) is 6.31. The summed E-state index contributed by atoms with van der Waals surface area (Å²) in [5.74, 6) is 0.966. The zero-order chi connectivity index (χ0) is 27.2. The van der Waals surface area contributed by atoms with Crippen LogP contribution < -0.4 is 10.1 Å². The van der Waals surface area contributed by atoms with Crippen molar-refractivity contribution in [2.45, 2.75) is 20.8 Å². The molecule has 0 bridgehead atoms. The van der Waals surface area contributed by atoms with E-state index in [4.69, 9.17) is 9.84 Å². The number of aromatic nitrogens is 2. The number of halogens is 1. The number of amides is 2. The molecule has 1 N–H and O–H groups in total. The number of anilines is 1. The second-order valence-electron chi connectivity index (χ2n) is 9.42. The first-order valence-corrected chi connectivity index (χ1v) is 13.2. The van der Waals surface area contributed by atoms with Gasteiger partial charge in [0.15, 0.2) is 0 Å². The molecule has 38 heavy (non-hydrogen) atoms. The van der Waals surface area contributed by atoms with Crippen LogP contribution in [0.1, 0.15) is 29.9 Å². The van der Waals surface area contributed by atoms with E-state index in [1.807, 2.05) is 87.5 Å². The van der Waals surface area contributed by atoms with Crippen molar-refractivity contribution in [1.82, 2.24) is 14.7 Å². The molecule has 0 saturated heterocycles. The van der Waals surface area contributed by atoms with Gasteiger partial charge in [-0.25, -0.2) is 4.68 Å². The molecule has 0 spiro atoms. The fourth-order valence-electron chi connectivity index (χ4n) is 4.28. The van der Waals surface area contributed by atoms with E-state index in [0.29, 0.717) is 17.9 Å². The van der Waals surface area contributed by atoms with E-state index in [1.165, 1.54) is 0 Å². The molecule has 0 aliphatic heterocycles. The molecule has 196 valence electrons. The number of benzene rings is 3. The number of carbonyl (C=O) groups excluding carboxylic acids is 2. The van der Waals surface area contributed by atoms with Crippen LogP contribution in [0.25, 0.3) is 16.8 Å². The molecule has 0 radical (unpaired) electrons. The lowest BCUT2D eigenvalue weighted by molar-refractivity contribution is -0.117. The molecule has 1 heterocycles. The summed E-state index contributed by atoms with van der Waals surface area (Å²) >= 11 is 3.41. The summed E-state index contributed by atoms with van der Waals surface area (Å²) < 4.78 is 7.91. The Bertz CT molecular complexity index is 1400. The van der Waals surface area contributed by atoms with Crippen LogP contribution in [0.3, 0.4) is 0 Å². The zero-order valence-corrected chi connectivity index (χ0v) is 23.5. The molecular formula is C30H31BrN4O3. The van der Waals surface area contributed by atoms with E-state index in [0.717, 1.165) is 32.7 Å².